The molecule has 6 heterocycles. The number of nitrogens with one attached hydrogen (secondary N) is 2. The van der Waals surface area contributed by atoms with Crippen molar-refractivity contribution in [2.45, 2.75) is 25.9 Å². The van der Waals surface area contributed by atoms with E-state index in [0.717, 1.165) is 60.6 Å². The van der Waals surface area contributed by atoms with Gasteiger partial charge >= 0.3 is 0 Å². The lowest BCUT2D eigenvalue weighted by molar-refractivity contribution is 0.356. The summed E-state index contributed by atoms with van der Waals surface area (Å²) in [6.45, 7) is 1.86. The van der Waals surface area contributed by atoms with Crippen molar-refractivity contribution in [2.75, 3.05) is 18.5 Å². The van der Waals surface area contributed by atoms with Gasteiger partial charge < -0.3 is 25.5 Å². The first kappa shape index (κ1) is 32.5. The molecule has 0 radical (unpaired) electrons. The molecule has 2 aliphatic heterocycles. The van der Waals surface area contributed by atoms with Crippen molar-refractivity contribution < 1.29 is 18.3 Å². The summed E-state index contributed by atoms with van der Waals surface area (Å²) in [6.07, 6.45) is 11.6. The average molecular weight is 766 g/mol. The molecular formula is C34H28Br2F2N6O3. The van der Waals surface area contributed by atoms with Crippen LogP contribution in [0.3, 0.4) is 0 Å². The molecule has 4 N–H and O–H groups in total. The van der Waals surface area contributed by atoms with Crippen LogP contribution in [0.5, 0.6) is 11.5 Å². The third-order valence-electron chi connectivity index (χ3n) is 7.81. The molecule has 2 aromatic carbocycles. The largest absolute Gasteiger partial charge is 0.493 e. The summed E-state index contributed by atoms with van der Waals surface area (Å²) < 4.78 is 39.9. The van der Waals surface area contributed by atoms with E-state index in [-0.39, 0.29) is 23.7 Å². The molecule has 13 heteroatoms. The highest BCUT2D eigenvalue weighted by Crippen LogP contribution is 2.32. The van der Waals surface area contributed by atoms with E-state index < -0.39 is 0 Å². The fraction of sp³-hybridized carbons (Fsp3) is 0.176. The second-order valence-corrected chi connectivity index (χ2v) is 12.2. The van der Waals surface area contributed by atoms with Crippen molar-refractivity contribution in [3.63, 3.8) is 0 Å². The fourth-order valence-electron chi connectivity index (χ4n) is 5.48. The minimum absolute atomic E-state index is 0.110. The van der Waals surface area contributed by atoms with E-state index in [0.29, 0.717) is 42.1 Å². The van der Waals surface area contributed by atoms with Crippen LogP contribution in [0, 0.1) is 11.6 Å². The Morgan fingerprint density at radius 3 is 2.02 bits per heavy atom. The molecule has 2 aliphatic rings. The zero-order valence-corrected chi connectivity index (χ0v) is 28.0. The summed E-state index contributed by atoms with van der Waals surface area (Å²) >= 11 is 6.82. The Morgan fingerprint density at radius 1 is 0.787 bits per heavy atom. The number of pyridine rings is 4. The van der Waals surface area contributed by atoms with E-state index in [4.69, 9.17) is 15.2 Å². The average Bonchev–Trinajstić information content (AvgIpc) is 3.78. The lowest BCUT2D eigenvalue weighted by Gasteiger charge is -2.12. The van der Waals surface area contributed by atoms with Crippen LogP contribution in [0.4, 0.5) is 14.6 Å². The maximum Gasteiger partial charge on any atom is 0.257 e. The van der Waals surface area contributed by atoms with Crippen LogP contribution in [0.15, 0.2) is 87.3 Å². The number of nitrogens with two attached hydrogens (primary N) is 1. The predicted molar refractivity (Wildman–Crippen MR) is 184 cm³/mol. The lowest BCUT2D eigenvalue weighted by Crippen LogP contribution is -2.06. The van der Waals surface area contributed by atoms with Crippen molar-refractivity contribution in [1.82, 2.24) is 19.9 Å². The van der Waals surface area contributed by atoms with Crippen LogP contribution in [0.25, 0.3) is 21.5 Å². The second kappa shape index (κ2) is 14.5. The minimum atomic E-state index is -0.221. The normalized spacial score (nSPS) is 12.6. The van der Waals surface area contributed by atoms with E-state index in [9.17, 15) is 13.6 Å². The molecule has 8 rings (SSSR count). The molecule has 0 unspecified atom stereocenters. The summed E-state index contributed by atoms with van der Waals surface area (Å²) in [4.78, 5) is 26.2. The lowest BCUT2D eigenvalue weighted by atomic mass is 10.0. The number of rotatable bonds is 4. The van der Waals surface area contributed by atoms with Crippen molar-refractivity contribution in [1.29, 1.82) is 0 Å². The quantitative estimate of drug-likeness (QED) is 0.176. The summed E-state index contributed by atoms with van der Waals surface area (Å²) in [6, 6.07) is 9.94. The molecular weight excluding hydrogens is 738 g/mol. The molecule has 0 fully saturated rings. The van der Waals surface area contributed by atoms with E-state index >= 15 is 0 Å². The standard InChI is InChI=1S/C17H13BrFN3O.C9H10FNO.C8H5BrN2O/c18-14-9-22-17(13-7-20-5-3-10(13)14)21-8-12-11-4-6-23-16(11)2-1-15(12)19;10-8-1-2-9-6(3-4-12-9)7(8)5-11;9-7-4-11-8(12)6-3-10-2-1-5(6)7/h1-3,5,7,9H,4,6,8H2,(H,21,22);1-2H,3-5,11H2;1-4H,(H,11,12). The summed E-state index contributed by atoms with van der Waals surface area (Å²) in [7, 11) is 0. The maximum absolute atomic E-state index is 14.2. The molecule has 0 spiro atoms. The monoisotopic (exact) mass is 764 g/mol. The fourth-order valence-corrected chi connectivity index (χ4v) is 6.38. The van der Waals surface area contributed by atoms with Crippen molar-refractivity contribution >= 4 is 59.2 Å². The third-order valence-corrected chi connectivity index (χ3v) is 9.10. The van der Waals surface area contributed by atoms with Gasteiger partial charge in [-0.15, -0.1) is 0 Å². The van der Waals surface area contributed by atoms with Crippen LogP contribution >= 0.6 is 31.9 Å². The number of nitrogens with zero attached hydrogens (tertiary/aromatic N) is 3. The van der Waals surface area contributed by atoms with E-state index in [1.807, 2.05) is 6.07 Å². The molecule has 0 amide bonds. The van der Waals surface area contributed by atoms with Crippen molar-refractivity contribution in [3.05, 3.63) is 127 Å². The number of H-pyrrole nitrogens is 1. The molecule has 47 heavy (non-hydrogen) atoms. The van der Waals surface area contributed by atoms with Gasteiger partial charge in [0.1, 0.15) is 29.0 Å². The summed E-state index contributed by atoms with van der Waals surface area (Å²) in [5, 5.41) is 6.63. The molecule has 0 aliphatic carbocycles. The van der Waals surface area contributed by atoms with Gasteiger partial charge in [0.25, 0.3) is 5.56 Å². The minimum Gasteiger partial charge on any atom is -0.493 e. The van der Waals surface area contributed by atoms with Crippen molar-refractivity contribution in [2.24, 2.45) is 5.73 Å². The van der Waals surface area contributed by atoms with Gasteiger partial charge in [0.05, 0.1) is 18.6 Å². The molecule has 240 valence electrons. The third kappa shape index (κ3) is 6.97. The molecule has 0 saturated heterocycles. The van der Waals surface area contributed by atoms with E-state index in [1.54, 1.807) is 55.4 Å². The Hall–Kier alpha value is -4.46. The van der Waals surface area contributed by atoms with Crippen molar-refractivity contribution in [3.8, 4) is 11.5 Å². The predicted octanol–water partition coefficient (Wildman–Crippen LogP) is 6.98. The van der Waals surface area contributed by atoms with Gasteiger partial charge in [-0.1, -0.05) is 0 Å². The zero-order chi connectivity index (χ0) is 32.9. The van der Waals surface area contributed by atoms with Gasteiger partial charge in [-0.2, -0.15) is 0 Å². The Kier molecular flexibility index (Phi) is 10.0. The highest BCUT2D eigenvalue weighted by atomic mass is 79.9. The Labute approximate surface area is 284 Å². The van der Waals surface area contributed by atoms with Crippen LogP contribution < -0.4 is 26.1 Å². The van der Waals surface area contributed by atoms with Crippen LogP contribution in [-0.4, -0.2) is 33.1 Å². The second-order valence-electron chi connectivity index (χ2n) is 10.5. The number of hydrogen-bond acceptors (Lipinski definition) is 8. The summed E-state index contributed by atoms with van der Waals surface area (Å²) in [5.74, 6) is 1.81. The molecule has 0 bridgehead atoms. The first-order chi connectivity index (χ1) is 22.9. The summed E-state index contributed by atoms with van der Waals surface area (Å²) in [5.41, 5.74) is 8.44. The van der Waals surface area contributed by atoms with Gasteiger partial charge in [0.15, 0.2) is 0 Å². The van der Waals surface area contributed by atoms with Gasteiger partial charge in [-0.25, -0.2) is 13.8 Å². The number of fused-ring (bicyclic) bond motifs is 4. The van der Waals surface area contributed by atoms with Gasteiger partial charge in [0.2, 0.25) is 0 Å². The molecule has 6 aromatic rings. The Bertz CT molecular complexity index is 2150. The number of aromatic amines is 1. The first-order valence-corrected chi connectivity index (χ1v) is 16.2. The smallest absolute Gasteiger partial charge is 0.257 e. The topological polar surface area (TPSA) is 128 Å². The number of hydrogen-bond donors (Lipinski definition) is 3. The van der Waals surface area contributed by atoms with Crippen LogP contribution in [0.1, 0.15) is 22.3 Å². The highest BCUT2D eigenvalue weighted by Gasteiger charge is 2.20. The number of halogens is 4. The maximum atomic E-state index is 14.2. The SMILES string of the molecule is Fc1ccc2c(c1CNc1ncc(Br)c3ccncc13)CCO2.NCc1c(F)ccc2c1CCO2.O=c1[nH]cc(Br)c2ccncc12. The molecule has 4 aromatic heterocycles. The Balaban J connectivity index is 0.000000136. The zero-order valence-electron chi connectivity index (χ0n) is 24.8. The van der Waals surface area contributed by atoms with Gasteiger partial charge in [-0.3, -0.25) is 14.8 Å². The Morgan fingerprint density at radius 2 is 1.38 bits per heavy atom. The number of aromatic nitrogens is 4. The molecule has 0 atom stereocenters. The highest BCUT2D eigenvalue weighted by molar-refractivity contribution is 9.11. The van der Waals surface area contributed by atoms with Crippen LogP contribution in [0.2, 0.25) is 0 Å². The molecule has 0 saturated carbocycles. The van der Waals surface area contributed by atoms with E-state index in [2.05, 4.69) is 57.1 Å². The number of anilines is 1. The van der Waals surface area contributed by atoms with Gasteiger partial charge in [-0.05, 0) is 68.3 Å². The molecule has 9 nitrogen and oxygen atoms in total. The number of ether oxygens (including phenoxy) is 2. The first-order valence-electron chi connectivity index (χ1n) is 14.6. The van der Waals surface area contributed by atoms with E-state index in [1.165, 1.54) is 12.1 Å². The van der Waals surface area contributed by atoms with Crippen LogP contribution in [-0.2, 0) is 25.9 Å². The number of benzene rings is 2. The van der Waals surface area contributed by atoms with Gasteiger partial charge in [0, 0.05) is 110 Å².